The molecule has 1 unspecified atom stereocenters. The topological polar surface area (TPSA) is 91.8 Å². The van der Waals surface area contributed by atoms with Gasteiger partial charge in [0.15, 0.2) is 0 Å². The Hall–Kier alpha value is -2.05. The minimum absolute atomic E-state index is 0.407. The molecule has 1 heterocycles. The molecule has 0 bridgehead atoms. The van der Waals surface area contributed by atoms with E-state index in [1.807, 2.05) is 112 Å². The number of rotatable bonds is 15. The van der Waals surface area contributed by atoms with Gasteiger partial charge in [-0.2, -0.15) is 0 Å². The van der Waals surface area contributed by atoms with E-state index in [1.54, 1.807) is 0 Å². The van der Waals surface area contributed by atoms with E-state index in [-0.39, 0.29) is 0 Å². The Morgan fingerprint density at radius 1 is 0.641 bits per heavy atom. The zero-order valence-corrected chi connectivity index (χ0v) is 25.6. The van der Waals surface area contributed by atoms with Crippen molar-refractivity contribution < 1.29 is 27.1 Å². The molecule has 0 aliphatic carbocycles. The summed E-state index contributed by atoms with van der Waals surface area (Å²) < 4.78 is 44.6. The predicted octanol–water partition coefficient (Wildman–Crippen LogP) is 8.46. The molecule has 4 rings (SSSR count). The first-order valence-corrected chi connectivity index (χ1v) is 18.6. The summed E-state index contributed by atoms with van der Waals surface area (Å²) in [5.74, 6) is 1.86. The van der Waals surface area contributed by atoms with E-state index in [0.717, 1.165) is 19.3 Å². The molecule has 0 saturated carbocycles. The van der Waals surface area contributed by atoms with Gasteiger partial charge in [0, 0.05) is 0 Å². The molecule has 214 valence electrons. The van der Waals surface area contributed by atoms with Crippen LogP contribution in [0.15, 0.2) is 95.5 Å². The zero-order valence-electron chi connectivity index (χ0n) is 22.7. The zero-order chi connectivity index (χ0) is 27.4. The van der Waals surface area contributed by atoms with E-state index in [2.05, 4.69) is 9.72 Å². The van der Waals surface area contributed by atoms with Crippen molar-refractivity contribution in [3.63, 3.8) is 0 Å². The van der Waals surface area contributed by atoms with Crippen LogP contribution in [0.1, 0.15) is 40.0 Å². The molecule has 0 aromatic heterocycles. The molecule has 2 N–H and O–H groups in total. The van der Waals surface area contributed by atoms with Crippen LogP contribution in [0, 0.1) is 0 Å². The Labute approximate surface area is 233 Å². The van der Waals surface area contributed by atoms with Crippen LogP contribution in [-0.4, -0.2) is 19.8 Å². The van der Waals surface area contributed by atoms with Gasteiger partial charge in [-0.05, 0) is 0 Å². The van der Waals surface area contributed by atoms with Crippen molar-refractivity contribution in [1.29, 1.82) is 0 Å². The normalized spacial score (nSPS) is 21.2. The molecule has 3 aromatic rings. The molecule has 0 radical (unpaired) electrons. The molecule has 1 aliphatic heterocycles. The monoisotopic (exact) mass is 595 g/mol. The van der Waals surface area contributed by atoms with E-state index in [9.17, 15) is 0 Å². The fraction of sp³-hybridized carbons (Fsp3) is 0.333. The van der Waals surface area contributed by atoms with Gasteiger partial charge < -0.3 is 0 Å². The van der Waals surface area contributed by atoms with Gasteiger partial charge in [-0.3, -0.25) is 0 Å². The van der Waals surface area contributed by atoms with E-state index in [4.69, 9.17) is 31.7 Å². The Kier molecular flexibility index (Phi) is 11.2. The summed E-state index contributed by atoms with van der Waals surface area (Å²) in [7, 11) is -10.6. The first-order chi connectivity index (χ1) is 19.0. The molecule has 0 fully saturated rings. The number of nitrogens with one attached hydrogen (secondary N) is 2. The van der Waals surface area contributed by atoms with Crippen molar-refractivity contribution in [2.75, 3.05) is 19.8 Å². The van der Waals surface area contributed by atoms with Crippen molar-refractivity contribution in [2.45, 2.75) is 40.0 Å². The van der Waals surface area contributed by atoms with Crippen LogP contribution in [0.5, 0.6) is 17.2 Å². The van der Waals surface area contributed by atoms with Gasteiger partial charge in [0.1, 0.15) is 0 Å². The summed E-state index contributed by atoms with van der Waals surface area (Å²) in [5.41, 5.74) is 0. The number of hydrogen-bond donors (Lipinski definition) is 2. The standard InChI is InChI=1S/C27H40N3O6P3/c1-4-22-31-37(34-25-16-10-7-11-17-25)28-38(32-23-5-2,35-26-18-12-8-13-19-26)30-39(29-37,33-24-6-3)36-27-20-14-9-15-21-27/h7-21,28-29,37-38H,4-6,22-24H2,1-3H3. The van der Waals surface area contributed by atoms with Crippen LogP contribution in [0.4, 0.5) is 0 Å². The average Bonchev–Trinajstić information content (AvgIpc) is 2.95. The number of benzene rings is 3. The Balaban J connectivity index is 1.89. The molecule has 0 saturated heterocycles. The molecular weight excluding hydrogens is 555 g/mol. The van der Waals surface area contributed by atoms with Crippen LogP contribution in [0.25, 0.3) is 0 Å². The summed E-state index contributed by atoms with van der Waals surface area (Å²) in [5, 5.41) is 0. The third-order valence-corrected chi connectivity index (χ3v) is 15.6. The van der Waals surface area contributed by atoms with Gasteiger partial charge in [0.25, 0.3) is 0 Å². The molecule has 3 aromatic carbocycles. The van der Waals surface area contributed by atoms with Crippen molar-refractivity contribution in [3.05, 3.63) is 91.0 Å². The predicted molar refractivity (Wildman–Crippen MR) is 162 cm³/mol. The Morgan fingerprint density at radius 3 is 1.72 bits per heavy atom. The molecule has 1 atom stereocenters. The number of hydrogen-bond acceptors (Lipinski definition) is 9. The van der Waals surface area contributed by atoms with E-state index < -0.39 is 23.7 Å². The maximum atomic E-state index is 6.67. The first kappa shape index (κ1) is 29.9. The summed E-state index contributed by atoms with van der Waals surface area (Å²) in [6.45, 7) is 7.39. The van der Waals surface area contributed by atoms with E-state index >= 15 is 0 Å². The number of para-hydroxylation sites is 3. The average molecular weight is 596 g/mol. The molecule has 39 heavy (non-hydrogen) atoms. The van der Waals surface area contributed by atoms with E-state index in [0.29, 0.717) is 37.1 Å². The van der Waals surface area contributed by atoms with E-state index in [1.165, 1.54) is 0 Å². The van der Waals surface area contributed by atoms with Crippen molar-refractivity contribution in [2.24, 2.45) is 4.52 Å². The SMILES string of the molecule is CCCOP1(Oc2ccccc2)=N[PH](OCCC)(Oc2ccccc2)N[PH](OCCC)(Oc2ccccc2)N1. The molecule has 9 nitrogen and oxygen atoms in total. The quantitative estimate of drug-likeness (QED) is 0.169. The van der Waals surface area contributed by atoms with Gasteiger partial charge >= 0.3 is 233 Å². The second kappa shape index (κ2) is 14.5. The van der Waals surface area contributed by atoms with Crippen LogP contribution in [-0.2, 0) is 13.6 Å². The summed E-state index contributed by atoms with van der Waals surface area (Å²) in [4.78, 5) is 7.07. The second-order valence-electron chi connectivity index (χ2n) is 8.82. The minimum atomic E-state index is -3.70. The van der Waals surface area contributed by atoms with Crippen LogP contribution < -0.4 is 23.3 Å². The molecule has 12 heteroatoms. The fourth-order valence-electron chi connectivity index (χ4n) is 3.69. The van der Waals surface area contributed by atoms with Gasteiger partial charge in [-0.25, -0.2) is 0 Å². The van der Waals surface area contributed by atoms with Gasteiger partial charge in [-0.1, -0.05) is 0 Å². The summed E-state index contributed by atoms with van der Waals surface area (Å²) in [6.07, 6.45) is 2.30. The van der Waals surface area contributed by atoms with Gasteiger partial charge in [-0.15, -0.1) is 0 Å². The summed E-state index contributed by atoms with van der Waals surface area (Å²) in [6, 6.07) is 28.5. The number of nitrogens with zero attached hydrogens (tertiary/aromatic N) is 1. The van der Waals surface area contributed by atoms with Crippen molar-refractivity contribution in [3.8, 4) is 17.2 Å². The van der Waals surface area contributed by atoms with Crippen LogP contribution in [0.2, 0.25) is 0 Å². The molecule has 0 amide bonds. The molecule has 0 spiro atoms. The van der Waals surface area contributed by atoms with Crippen molar-refractivity contribution in [1.82, 2.24) is 9.72 Å². The van der Waals surface area contributed by atoms with Crippen molar-refractivity contribution >= 4 is 23.7 Å². The first-order valence-electron chi connectivity index (χ1n) is 13.4. The second-order valence-corrected chi connectivity index (χ2v) is 16.4. The Morgan fingerprint density at radius 2 is 1.15 bits per heavy atom. The van der Waals surface area contributed by atoms with Crippen LogP contribution >= 0.6 is 23.7 Å². The van der Waals surface area contributed by atoms with Gasteiger partial charge in [0.05, 0.1) is 0 Å². The van der Waals surface area contributed by atoms with Gasteiger partial charge in [0.2, 0.25) is 0 Å². The third-order valence-electron chi connectivity index (χ3n) is 5.33. The third kappa shape index (κ3) is 8.47. The fourth-order valence-corrected chi connectivity index (χ4v) is 15.8. The molecule has 1 aliphatic rings. The van der Waals surface area contributed by atoms with Crippen LogP contribution in [0.3, 0.4) is 0 Å². The molecular formula is C27H40N3O6P3. The summed E-state index contributed by atoms with van der Waals surface area (Å²) >= 11 is 0. The maximum absolute atomic E-state index is 6.67. The Bertz CT molecular complexity index is 1200.